The van der Waals surface area contributed by atoms with Crippen molar-refractivity contribution in [2.24, 2.45) is 0 Å². The van der Waals surface area contributed by atoms with Gasteiger partial charge in [0.15, 0.2) is 0 Å². The van der Waals surface area contributed by atoms with E-state index >= 15 is 0 Å². The van der Waals surface area contributed by atoms with Gasteiger partial charge in [-0.25, -0.2) is 4.98 Å². The summed E-state index contributed by atoms with van der Waals surface area (Å²) in [4.78, 5) is 7.20. The zero-order valence-electron chi connectivity index (χ0n) is 9.17. The number of hydrogen-bond donors (Lipinski definition) is 2. The van der Waals surface area contributed by atoms with Gasteiger partial charge in [-0.3, -0.25) is 0 Å². The van der Waals surface area contributed by atoms with Crippen LogP contribution in [0.25, 0.3) is 11.0 Å². The van der Waals surface area contributed by atoms with Gasteiger partial charge in [-0.1, -0.05) is 36.4 Å². The van der Waals surface area contributed by atoms with E-state index < -0.39 is 6.10 Å². The lowest BCUT2D eigenvalue weighted by atomic mass is 10.0. The van der Waals surface area contributed by atoms with Gasteiger partial charge in [-0.2, -0.15) is 0 Å². The molecule has 0 unspecified atom stereocenters. The fourth-order valence-electron chi connectivity index (χ4n) is 1.95. The third kappa shape index (κ3) is 1.81. The van der Waals surface area contributed by atoms with Crippen molar-refractivity contribution in [1.82, 2.24) is 9.97 Å². The topological polar surface area (TPSA) is 48.9 Å². The fourth-order valence-corrected chi connectivity index (χ4v) is 1.95. The highest BCUT2D eigenvalue weighted by Crippen LogP contribution is 2.23. The van der Waals surface area contributed by atoms with Gasteiger partial charge >= 0.3 is 0 Å². The molecule has 2 aromatic carbocycles. The predicted octanol–water partition coefficient (Wildman–Crippen LogP) is 2.64. The molecule has 0 saturated heterocycles. The molecule has 0 spiro atoms. The summed E-state index contributed by atoms with van der Waals surface area (Å²) in [7, 11) is 0. The molecule has 1 heterocycles. The molecule has 2 N–H and O–H groups in total. The molecule has 0 aliphatic rings. The largest absolute Gasteiger partial charge is 0.384 e. The Bertz CT molecular complexity index is 631. The first-order valence-electron chi connectivity index (χ1n) is 5.50. The van der Waals surface area contributed by atoms with Crippen molar-refractivity contribution in [3.63, 3.8) is 0 Å². The van der Waals surface area contributed by atoms with E-state index in [9.17, 15) is 5.11 Å². The lowest BCUT2D eigenvalue weighted by molar-refractivity contribution is 0.220. The molecule has 0 saturated carbocycles. The summed E-state index contributed by atoms with van der Waals surface area (Å²) in [5, 5.41) is 10.3. The average molecular weight is 224 g/mol. The first-order chi connectivity index (χ1) is 8.34. The molecule has 0 amide bonds. The molecule has 84 valence electrons. The summed E-state index contributed by atoms with van der Waals surface area (Å²) in [5.41, 5.74) is 3.62. The molecule has 3 aromatic rings. The Morgan fingerprint density at radius 1 is 1.00 bits per heavy atom. The van der Waals surface area contributed by atoms with Crippen molar-refractivity contribution in [3.8, 4) is 0 Å². The Kier molecular flexibility index (Phi) is 2.38. The van der Waals surface area contributed by atoms with Crippen LogP contribution in [0.15, 0.2) is 54.9 Å². The molecule has 3 rings (SSSR count). The van der Waals surface area contributed by atoms with E-state index in [-0.39, 0.29) is 0 Å². The number of rotatable bonds is 2. The fraction of sp³-hybridized carbons (Fsp3) is 0.0714. The lowest BCUT2D eigenvalue weighted by Crippen LogP contribution is -1.98. The van der Waals surface area contributed by atoms with E-state index in [0.717, 1.165) is 22.2 Å². The van der Waals surface area contributed by atoms with Gasteiger partial charge in [0, 0.05) is 0 Å². The number of nitrogens with one attached hydrogen (secondary N) is 1. The Hall–Kier alpha value is -2.13. The number of aliphatic hydroxyl groups is 1. The van der Waals surface area contributed by atoms with Crippen LogP contribution in [0, 0.1) is 0 Å². The van der Waals surface area contributed by atoms with Crippen LogP contribution in [0.2, 0.25) is 0 Å². The van der Waals surface area contributed by atoms with E-state index in [1.54, 1.807) is 6.33 Å². The number of imidazole rings is 1. The lowest BCUT2D eigenvalue weighted by Gasteiger charge is -2.11. The molecular weight excluding hydrogens is 212 g/mol. The molecule has 0 aliphatic carbocycles. The maximum atomic E-state index is 10.3. The van der Waals surface area contributed by atoms with Gasteiger partial charge in [0.05, 0.1) is 17.4 Å². The molecular formula is C14H12N2O. The minimum atomic E-state index is -0.594. The molecule has 3 heteroatoms. The van der Waals surface area contributed by atoms with Crippen LogP contribution in [0.1, 0.15) is 17.2 Å². The van der Waals surface area contributed by atoms with Crippen LogP contribution in [-0.4, -0.2) is 15.1 Å². The molecule has 0 aliphatic heterocycles. The van der Waals surface area contributed by atoms with E-state index in [1.807, 2.05) is 48.5 Å². The number of aromatic nitrogens is 2. The van der Waals surface area contributed by atoms with E-state index in [4.69, 9.17) is 0 Å². The van der Waals surface area contributed by atoms with Crippen LogP contribution in [-0.2, 0) is 0 Å². The SMILES string of the molecule is O[C@@H](c1ccccc1)c1ccc2nc[nH]c2c1. The van der Waals surface area contributed by atoms with Gasteiger partial charge in [0.25, 0.3) is 0 Å². The minimum absolute atomic E-state index is 0.594. The third-order valence-electron chi connectivity index (χ3n) is 2.88. The maximum Gasteiger partial charge on any atom is 0.104 e. The standard InChI is InChI=1S/C14H12N2O/c17-14(10-4-2-1-3-5-10)11-6-7-12-13(8-11)16-9-15-12/h1-9,14,17H,(H,15,16)/t14-/m0/s1. The Balaban J connectivity index is 2.03. The van der Waals surface area contributed by atoms with Gasteiger partial charge in [-0.05, 0) is 23.3 Å². The summed E-state index contributed by atoms with van der Waals surface area (Å²) in [6.45, 7) is 0. The van der Waals surface area contributed by atoms with E-state index in [1.165, 1.54) is 0 Å². The average Bonchev–Trinajstić information content (AvgIpc) is 2.86. The summed E-state index contributed by atoms with van der Waals surface area (Å²) in [6, 6.07) is 15.4. The molecule has 0 bridgehead atoms. The minimum Gasteiger partial charge on any atom is -0.384 e. The predicted molar refractivity (Wildman–Crippen MR) is 66.6 cm³/mol. The second kappa shape index (κ2) is 4.03. The summed E-state index contributed by atoms with van der Waals surface area (Å²) < 4.78 is 0. The second-order valence-corrected chi connectivity index (χ2v) is 3.99. The summed E-state index contributed by atoms with van der Waals surface area (Å²) in [5.74, 6) is 0. The van der Waals surface area contributed by atoms with Crippen molar-refractivity contribution in [1.29, 1.82) is 0 Å². The van der Waals surface area contributed by atoms with Crippen molar-refractivity contribution >= 4 is 11.0 Å². The Morgan fingerprint density at radius 3 is 2.65 bits per heavy atom. The van der Waals surface area contributed by atoms with Crippen LogP contribution in [0.4, 0.5) is 0 Å². The number of nitrogens with zero attached hydrogens (tertiary/aromatic N) is 1. The third-order valence-corrected chi connectivity index (χ3v) is 2.88. The highest BCUT2D eigenvalue weighted by molar-refractivity contribution is 5.75. The maximum absolute atomic E-state index is 10.3. The van der Waals surface area contributed by atoms with Gasteiger partial charge in [0.2, 0.25) is 0 Å². The molecule has 1 atom stereocenters. The first-order valence-corrected chi connectivity index (χ1v) is 5.50. The summed E-state index contributed by atoms with van der Waals surface area (Å²) >= 11 is 0. The normalized spacial score (nSPS) is 12.8. The molecule has 17 heavy (non-hydrogen) atoms. The molecule has 0 fully saturated rings. The number of aliphatic hydroxyl groups excluding tert-OH is 1. The number of aromatic amines is 1. The zero-order valence-corrected chi connectivity index (χ0v) is 9.17. The van der Waals surface area contributed by atoms with Gasteiger partial charge in [0.1, 0.15) is 6.10 Å². The van der Waals surface area contributed by atoms with Crippen LogP contribution in [0.3, 0.4) is 0 Å². The van der Waals surface area contributed by atoms with Gasteiger partial charge < -0.3 is 10.1 Å². The van der Waals surface area contributed by atoms with Crippen molar-refractivity contribution in [2.45, 2.75) is 6.10 Å². The number of benzene rings is 2. The van der Waals surface area contributed by atoms with Crippen molar-refractivity contribution in [3.05, 3.63) is 66.0 Å². The zero-order chi connectivity index (χ0) is 11.7. The number of fused-ring (bicyclic) bond motifs is 1. The molecule has 0 radical (unpaired) electrons. The van der Waals surface area contributed by atoms with Crippen LogP contribution >= 0.6 is 0 Å². The van der Waals surface area contributed by atoms with Crippen molar-refractivity contribution < 1.29 is 5.11 Å². The smallest absolute Gasteiger partial charge is 0.104 e. The second-order valence-electron chi connectivity index (χ2n) is 3.99. The highest BCUT2D eigenvalue weighted by Gasteiger charge is 2.10. The number of H-pyrrole nitrogens is 1. The Morgan fingerprint density at radius 2 is 1.82 bits per heavy atom. The first kappa shape index (κ1) is 10.1. The van der Waals surface area contributed by atoms with E-state index in [2.05, 4.69) is 9.97 Å². The van der Waals surface area contributed by atoms with Crippen LogP contribution in [0.5, 0.6) is 0 Å². The van der Waals surface area contributed by atoms with E-state index in [0.29, 0.717) is 0 Å². The monoisotopic (exact) mass is 224 g/mol. The van der Waals surface area contributed by atoms with Crippen LogP contribution < -0.4 is 0 Å². The summed E-state index contributed by atoms with van der Waals surface area (Å²) in [6.07, 6.45) is 1.06. The molecule has 1 aromatic heterocycles. The number of hydrogen-bond acceptors (Lipinski definition) is 2. The van der Waals surface area contributed by atoms with Crippen molar-refractivity contribution in [2.75, 3.05) is 0 Å². The molecule has 3 nitrogen and oxygen atoms in total. The highest BCUT2D eigenvalue weighted by atomic mass is 16.3. The Labute approximate surface area is 98.8 Å². The van der Waals surface area contributed by atoms with Gasteiger partial charge in [-0.15, -0.1) is 0 Å². The quantitative estimate of drug-likeness (QED) is 0.703.